The fraction of sp³-hybridized carbons (Fsp3) is 0.833. The van der Waals surface area contributed by atoms with Crippen molar-refractivity contribution in [3.63, 3.8) is 0 Å². The van der Waals surface area contributed by atoms with Gasteiger partial charge in [-0.1, -0.05) is 25.0 Å². The maximum Gasteiger partial charge on any atom is 0.0934 e. The second-order valence-corrected chi connectivity index (χ2v) is 5.35. The predicted octanol–water partition coefficient (Wildman–Crippen LogP) is 0.915. The number of hydrogen-bond donors (Lipinski definition) is 2. The average molecular weight is 253 g/mol. The van der Waals surface area contributed by atoms with Crippen LogP contribution in [-0.2, 0) is 11.8 Å². The van der Waals surface area contributed by atoms with Crippen LogP contribution in [0.25, 0.3) is 0 Å². The van der Waals surface area contributed by atoms with Crippen molar-refractivity contribution in [1.29, 1.82) is 0 Å². The molecule has 0 radical (unpaired) electrons. The normalized spacial score (nSPS) is 30.3. The van der Waals surface area contributed by atoms with Gasteiger partial charge in [0.2, 0.25) is 0 Å². The molecule has 1 fully saturated rings. The van der Waals surface area contributed by atoms with Gasteiger partial charge in [0.1, 0.15) is 0 Å². The maximum atomic E-state index is 5.87. The van der Waals surface area contributed by atoms with Crippen LogP contribution in [0.3, 0.4) is 0 Å². The number of aryl methyl sites for hydroxylation is 1. The summed E-state index contributed by atoms with van der Waals surface area (Å²) < 4.78 is 7.62. The number of hydrogen-bond acceptors (Lipinski definition) is 5. The Morgan fingerprint density at radius 1 is 1.67 bits per heavy atom. The van der Waals surface area contributed by atoms with Crippen LogP contribution in [0.15, 0.2) is 6.20 Å². The van der Waals surface area contributed by atoms with Gasteiger partial charge >= 0.3 is 0 Å². The highest BCUT2D eigenvalue weighted by Crippen LogP contribution is 2.42. The van der Waals surface area contributed by atoms with E-state index >= 15 is 0 Å². The molecule has 1 aliphatic carbocycles. The summed E-state index contributed by atoms with van der Waals surface area (Å²) >= 11 is 0. The molecule has 0 saturated heterocycles. The van der Waals surface area contributed by atoms with Crippen molar-refractivity contribution >= 4 is 0 Å². The van der Waals surface area contributed by atoms with Gasteiger partial charge in [0.15, 0.2) is 0 Å². The second-order valence-electron chi connectivity index (χ2n) is 5.35. The van der Waals surface area contributed by atoms with Gasteiger partial charge in [-0.15, -0.1) is 5.10 Å². The van der Waals surface area contributed by atoms with E-state index in [1.807, 2.05) is 7.05 Å². The SMILES string of the molecule is COC1(C(NN)c2cnnn2C)CCCC(C)C1. The summed E-state index contributed by atoms with van der Waals surface area (Å²) in [5, 5.41) is 7.91. The summed E-state index contributed by atoms with van der Waals surface area (Å²) in [6, 6.07) is -0.0785. The largest absolute Gasteiger partial charge is 0.376 e. The third-order valence-electron chi connectivity index (χ3n) is 4.14. The van der Waals surface area contributed by atoms with Gasteiger partial charge in [-0.05, 0) is 18.8 Å². The first-order valence-corrected chi connectivity index (χ1v) is 6.49. The van der Waals surface area contributed by atoms with Crippen LogP contribution >= 0.6 is 0 Å². The zero-order valence-corrected chi connectivity index (χ0v) is 11.4. The third kappa shape index (κ3) is 2.28. The molecular formula is C12H23N5O. The molecule has 0 bridgehead atoms. The lowest BCUT2D eigenvalue weighted by atomic mass is 9.74. The van der Waals surface area contributed by atoms with Gasteiger partial charge in [-0.2, -0.15) is 0 Å². The Balaban J connectivity index is 2.32. The molecule has 18 heavy (non-hydrogen) atoms. The van der Waals surface area contributed by atoms with Crippen molar-refractivity contribution < 1.29 is 4.74 Å². The van der Waals surface area contributed by atoms with Crippen LogP contribution in [0, 0.1) is 5.92 Å². The summed E-state index contributed by atoms with van der Waals surface area (Å²) in [5.41, 5.74) is 3.61. The zero-order chi connectivity index (χ0) is 13.2. The van der Waals surface area contributed by atoms with E-state index in [1.54, 1.807) is 18.0 Å². The summed E-state index contributed by atoms with van der Waals surface area (Å²) in [7, 11) is 3.65. The first-order chi connectivity index (χ1) is 8.63. The number of nitrogens with zero attached hydrogens (tertiary/aromatic N) is 3. The highest BCUT2D eigenvalue weighted by Gasteiger charge is 2.43. The molecule has 0 amide bonds. The molecule has 1 heterocycles. The van der Waals surface area contributed by atoms with E-state index in [-0.39, 0.29) is 11.6 Å². The van der Waals surface area contributed by atoms with E-state index in [0.717, 1.165) is 18.5 Å². The minimum absolute atomic E-state index is 0.0785. The number of nitrogens with one attached hydrogen (secondary N) is 1. The van der Waals surface area contributed by atoms with E-state index < -0.39 is 0 Å². The van der Waals surface area contributed by atoms with Gasteiger partial charge in [-0.3, -0.25) is 10.5 Å². The van der Waals surface area contributed by atoms with E-state index in [2.05, 4.69) is 22.7 Å². The molecule has 1 aromatic heterocycles. The molecule has 0 spiro atoms. The Hall–Kier alpha value is -0.980. The van der Waals surface area contributed by atoms with Crippen LogP contribution < -0.4 is 11.3 Å². The molecule has 3 N–H and O–H groups in total. The number of hydrazine groups is 1. The fourth-order valence-corrected chi connectivity index (χ4v) is 3.17. The van der Waals surface area contributed by atoms with Gasteiger partial charge in [-0.25, -0.2) is 5.43 Å². The lowest BCUT2D eigenvalue weighted by molar-refractivity contribution is -0.0822. The van der Waals surface area contributed by atoms with Crippen molar-refractivity contribution in [2.24, 2.45) is 18.8 Å². The molecule has 6 nitrogen and oxygen atoms in total. The molecule has 3 atom stereocenters. The van der Waals surface area contributed by atoms with Crippen LogP contribution in [0.2, 0.25) is 0 Å². The standard InChI is InChI=1S/C12H23N5O/c1-9-5-4-6-12(7-9,18-3)11(15-13)10-8-14-16-17(10)2/h8-9,11,15H,4-7,13H2,1-3H3. The first kappa shape index (κ1) is 13.5. The Kier molecular flexibility index (Phi) is 3.99. The Bertz CT molecular complexity index is 394. The Morgan fingerprint density at radius 3 is 2.94 bits per heavy atom. The lowest BCUT2D eigenvalue weighted by Crippen LogP contribution is -2.51. The van der Waals surface area contributed by atoms with Crippen LogP contribution in [0.5, 0.6) is 0 Å². The van der Waals surface area contributed by atoms with E-state index in [1.165, 1.54) is 12.8 Å². The van der Waals surface area contributed by atoms with Crippen molar-refractivity contribution in [3.8, 4) is 0 Å². The molecule has 1 aliphatic rings. The molecule has 3 unspecified atom stereocenters. The number of methoxy groups -OCH3 is 1. The highest BCUT2D eigenvalue weighted by atomic mass is 16.5. The third-order valence-corrected chi connectivity index (χ3v) is 4.14. The molecule has 102 valence electrons. The quantitative estimate of drug-likeness (QED) is 0.616. The number of rotatable bonds is 4. The molecule has 0 aromatic carbocycles. The number of ether oxygens (including phenoxy) is 1. The van der Waals surface area contributed by atoms with Gasteiger partial charge in [0, 0.05) is 14.2 Å². The van der Waals surface area contributed by atoms with Crippen molar-refractivity contribution in [3.05, 3.63) is 11.9 Å². The Morgan fingerprint density at radius 2 is 2.44 bits per heavy atom. The topological polar surface area (TPSA) is 78.0 Å². The van der Waals surface area contributed by atoms with Crippen LogP contribution in [-0.4, -0.2) is 27.7 Å². The molecule has 6 heteroatoms. The zero-order valence-electron chi connectivity index (χ0n) is 11.4. The van der Waals surface area contributed by atoms with Crippen molar-refractivity contribution in [1.82, 2.24) is 20.4 Å². The van der Waals surface area contributed by atoms with E-state index in [4.69, 9.17) is 10.6 Å². The fourth-order valence-electron chi connectivity index (χ4n) is 3.17. The molecule has 1 saturated carbocycles. The minimum Gasteiger partial charge on any atom is -0.376 e. The first-order valence-electron chi connectivity index (χ1n) is 6.49. The summed E-state index contributed by atoms with van der Waals surface area (Å²) in [6.45, 7) is 2.27. The van der Waals surface area contributed by atoms with Gasteiger partial charge in [0.05, 0.1) is 23.5 Å². The van der Waals surface area contributed by atoms with Gasteiger partial charge < -0.3 is 4.74 Å². The van der Waals surface area contributed by atoms with Crippen molar-refractivity contribution in [2.45, 2.75) is 44.2 Å². The molecule has 1 aromatic rings. The second kappa shape index (κ2) is 5.34. The summed E-state index contributed by atoms with van der Waals surface area (Å²) in [5.74, 6) is 6.42. The molecule has 0 aliphatic heterocycles. The highest BCUT2D eigenvalue weighted by molar-refractivity contribution is 5.11. The lowest BCUT2D eigenvalue weighted by Gasteiger charge is -2.44. The smallest absolute Gasteiger partial charge is 0.0934 e. The van der Waals surface area contributed by atoms with E-state index in [0.29, 0.717) is 5.92 Å². The molecule has 2 rings (SSSR count). The van der Waals surface area contributed by atoms with Gasteiger partial charge in [0.25, 0.3) is 0 Å². The van der Waals surface area contributed by atoms with Crippen LogP contribution in [0.1, 0.15) is 44.3 Å². The van der Waals surface area contributed by atoms with Crippen LogP contribution in [0.4, 0.5) is 0 Å². The minimum atomic E-state index is -0.262. The maximum absolute atomic E-state index is 5.87. The Labute approximate surface area is 108 Å². The van der Waals surface area contributed by atoms with Crippen molar-refractivity contribution in [2.75, 3.05) is 7.11 Å². The average Bonchev–Trinajstić information content (AvgIpc) is 2.77. The summed E-state index contributed by atoms with van der Waals surface area (Å²) in [4.78, 5) is 0. The summed E-state index contributed by atoms with van der Waals surface area (Å²) in [6.07, 6.45) is 6.19. The molecular weight excluding hydrogens is 230 g/mol. The number of nitrogens with two attached hydrogens (primary N) is 1. The predicted molar refractivity (Wildman–Crippen MR) is 68.4 cm³/mol. The number of aromatic nitrogens is 3. The van der Waals surface area contributed by atoms with E-state index in [9.17, 15) is 0 Å². The monoisotopic (exact) mass is 253 g/mol.